The molecule has 0 fully saturated rings. The molecule has 0 aromatic rings. The van der Waals surface area contributed by atoms with Gasteiger partial charge in [-0.3, -0.25) is 0 Å². The summed E-state index contributed by atoms with van der Waals surface area (Å²) in [4.78, 5) is 22.0. The third kappa shape index (κ3) is 5.84. The zero-order valence-corrected chi connectivity index (χ0v) is 9.79. The number of alkyl halides is 2. The van der Waals surface area contributed by atoms with Gasteiger partial charge in [0, 0.05) is 6.42 Å². The van der Waals surface area contributed by atoms with Crippen LogP contribution in [0.3, 0.4) is 0 Å². The Kier molecular flexibility index (Phi) is 6.16. The summed E-state index contributed by atoms with van der Waals surface area (Å²) >= 11 is 0. The van der Waals surface area contributed by atoms with Crippen LogP contribution in [0.2, 0.25) is 0 Å². The molecule has 0 saturated heterocycles. The van der Waals surface area contributed by atoms with Gasteiger partial charge in [-0.1, -0.05) is 6.92 Å². The molecule has 0 atom stereocenters. The lowest BCUT2D eigenvalue weighted by Gasteiger charge is -2.15. The Bertz CT molecular complexity index is 312. The molecule has 17 heavy (non-hydrogen) atoms. The zero-order chi connectivity index (χ0) is 13.5. The molecule has 0 N–H and O–H groups in total. The molecular weight excluding hydrogens is 238 g/mol. The zero-order valence-electron chi connectivity index (χ0n) is 9.79. The smallest absolute Gasteiger partial charge is 0.373 e. The highest BCUT2D eigenvalue weighted by Gasteiger charge is 2.29. The molecule has 0 aliphatic rings. The molecule has 0 rings (SSSR count). The fourth-order valence-corrected chi connectivity index (χ4v) is 0.711. The molecule has 0 aliphatic heterocycles. The predicted molar refractivity (Wildman–Crippen MR) is 53.3 cm³/mol. The molecule has 98 valence electrons. The average Bonchev–Trinajstić information content (AvgIpc) is 2.33. The quantitative estimate of drug-likeness (QED) is 0.405. The van der Waals surface area contributed by atoms with Gasteiger partial charge in [0.2, 0.25) is 5.76 Å². The van der Waals surface area contributed by atoms with E-state index in [1.165, 1.54) is 6.92 Å². The first-order valence-electron chi connectivity index (χ1n) is 4.75. The van der Waals surface area contributed by atoms with Crippen LogP contribution in [0, 0.1) is 0 Å². The standard InChI is InChI=1S/C10H14F2O5/c1-4-10(11,12)6-17-7(9(14)16-3)5-8(13)15-2/h5H,4,6H2,1-3H3/b7-5+. The summed E-state index contributed by atoms with van der Waals surface area (Å²) < 4.78 is 38.8. The molecule has 0 aliphatic carbocycles. The Labute approximate surface area is 97.3 Å². The number of methoxy groups -OCH3 is 2. The first kappa shape index (κ1) is 15.3. The van der Waals surface area contributed by atoms with Crippen LogP contribution in [-0.4, -0.2) is 38.7 Å². The van der Waals surface area contributed by atoms with Gasteiger partial charge < -0.3 is 14.2 Å². The minimum Gasteiger partial charge on any atom is -0.480 e. The molecule has 0 aromatic carbocycles. The van der Waals surface area contributed by atoms with Crippen LogP contribution in [0.4, 0.5) is 8.78 Å². The normalized spacial score (nSPS) is 11.9. The fraction of sp³-hybridized carbons (Fsp3) is 0.600. The summed E-state index contributed by atoms with van der Waals surface area (Å²) in [5.74, 6) is -5.62. The van der Waals surface area contributed by atoms with Gasteiger partial charge in [0.15, 0.2) is 6.61 Å². The fourth-order valence-electron chi connectivity index (χ4n) is 0.711. The Hall–Kier alpha value is -1.66. The summed E-state index contributed by atoms with van der Waals surface area (Å²) in [7, 11) is 2.11. The maximum Gasteiger partial charge on any atom is 0.373 e. The van der Waals surface area contributed by atoms with E-state index in [-0.39, 0.29) is 0 Å². The van der Waals surface area contributed by atoms with Crippen molar-refractivity contribution in [3.05, 3.63) is 11.8 Å². The van der Waals surface area contributed by atoms with E-state index in [0.29, 0.717) is 6.08 Å². The van der Waals surface area contributed by atoms with Crippen LogP contribution in [-0.2, 0) is 23.8 Å². The molecule has 0 bridgehead atoms. The number of carbonyl (C=O) groups is 2. The second kappa shape index (κ2) is 6.82. The first-order valence-corrected chi connectivity index (χ1v) is 4.75. The Balaban J connectivity index is 4.68. The van der Waals surface area contributed by atoms with Gasteiger partial charge in [-0.2, -0.15) is 0 Å². The van der Waals surface area contributed by atoms with Crippen LogP contribution in [0.15, 0.2) is 11.8 Å². The van der Waals surface area contributed by atoms with Gasteiger partial charge in [-0.25, -0.2) is 18.4 Å². The number of hydrogen-bond donors (Lipinski definition) is 0. The number of hydrogen-bond acceptors (Lipinski definition) is 5. The van der Waals surface area contributed by atoms with Crippen molar-refractivity contribution < 1.29 is 32.6 Å². The summed E-state index contributed by atoms with van der Waals surface area (Å²) in [5.41, 5.74) is 0. The van der Waals surface area contributed by atoms with Crippen LogP contribution in [0.5, 0.6) is 0 Å². The van der Waals surface area contributed by atoms with E-state index in [1.54, 1.807) is 0 Å². The van der Waals surface area contributed by atoms with E-state index in [9.17, 15) is 18.4 Å². The summed E-state index contributed by atoms with van der Waals surface area (Å²) in [6, 6.07) is 0. The summed E-state index contributed by atoms with van der Waals surface area (Å²) in [6.45, 7) is 0.257. The molecule has 7 heteroatoms. The molecular formula is C10H14F2O5. The summed E-state index contributed by atoms with van der Waals surface area (Å²) in [6.07, 6.45) is 0.206. The van der Waals surface area contributed by atoms with E-state index < -0.39 is 36.6 Å². The molecule has 0 spiro atoms. The maximum atomic E-state index is 12.9. The van der Waals surface area contributed by atoms with E-state index in [1.807, 2.05) is 0 Å². The monoisotopic (exact) mass is 252 g/mol. The van der Waals surface area contributed by atoms with Crippen LogP contribution in [0.25, 0.3) is 0 Å². The highest BCUT2D eigenvalue weighted by Crippen LogP contribution is 2.19. The molecule has 0 aromatic heterocycles. The van der Waals surface area contributed by atoms with Gasteiger partial charge in [0.25, 0.3) is 5.92 Å². The second-order valence-corrected chi connectivity index (χ2v) is 3.02. The van der Waals surface area contributed by atoms with Crippen molar-refractivity contribution >= 4 is 11.9 Å². The third-order valence-corrected chi connectivity index (χ3v) is 1.79. The van der Waals surface area contributed by atoms with Gasteiger partial charge >= 0.3 is 11.9 Å². The lowest BCUT2D eigenvalue weighted by atomic mass is 10.3. The van der Waals surface area contributed by atoms with Gasteiger partial charge in [-0.05, 0) is 0 Å². The van der Waals surface area contributed by atoms with Gasteiger partial charge in [0.1, 0.15) is 0 Å². The van der Waals surface area contributed by atoms with Gasteiger partial charge in [-0.15, -0.1) is 0 Å². The van der Waals surface area contributed by atoms with Crippen molar-refractivity contribution in [1.29, 1.82) is 0 Å². The first-order chi connectivity index (χ1) is 7.86. The van der Waals surface area contributed by atoms with E-state index in [0.717, 1.165) is 14.2 Å². The highest BCUT2D eigenvalue weighted by atomic mass is 19.3. The van der Waals surface area contributed by atoms with Crippen LogP contribution < -0.4 is 0 Å². The lowest BCUT2D eigenvalue weighted by Crippen LogP contribution is -2.24. The number of ether oxygens (including phenoxy) is 3. The number of esters is 2. The molecule has 0 saturated carbocycles. The van der Waals surface area contributed by atoms with Crippen LogP contribution in [0.1, 0.15) is 13.3 Å². The predicted octanol–water partition coefficient (Wildman–Crippen LogP) is 1.28. The van der Waals surface area contributed by atoms with E-state index in [2.05, 4.69) is 14.2 Å². The number of halogens is 2. The van der Waals surface area contributed by atoms with Crippen molar-refractivity contribution in [3.8, 4) is 0 Å². The molecule has 0 heterocycles. The topological polar surface area (TPSA) is 61.8 Å². The SMILES string of the molecule is CCC(F)(F)CO/C(=C/C(=O)OC)C(=O)OC. The third-order valence-electron chi connectivity index (χ3n) is 1.79. The van der Waals surface area contributed by atoms with E-state index >= 15 is 0 Å². The minimum absolute atomic E-state index is 0.445. The molecule has 0 amide bonds. The average molecular weight is 252 g/mol. The molecule has 0 unspecified atom stereocenters. The largest absolute Gasteiger partial charge is 0.480 e. The van der Waals surface area contributed by atoms with Crippen molar-refractivity contribution in [3.63, 3.8) is 0 Å². The Morgan fingerprint density at radius 2 is 1.82 bits per heavy atom. The molecule has 5 nitrogen and oxygen atoms in total. The maximum absolute atomic E-state index is 12.9. The molecule has 0 radical (unpaired) electrons. The second-order valence-electron chi connectivity index (χ2n) is 3.02. The van der Waals surface area contributed by atoms with Crippen molar-refractivity contribution in [2.45, 2.75) is 19.3 Å². The Morgan fingerprint density at radius 3 is 2.24 bits per heavy atom. The van der Waals surface area contributed by atoms with Crippen LogP contribution >= 0.6 is 0 Å². The van der Waals surface area contributed by atoms with Crippen molar-refractivity contribution in [2.24, 2.45) is 0 Å². The lowest BCUT2D eigenvalue weighted by molar-refractivity contribution is -0.144. The number of rotatable bonds is 6. The van der Waals surface area contributed by atoms with E-state index in [4.69, 9.17) is 0 Å². The van der Waals surface area contributed by atoms with Crippen molar-refractivity contribution in [2.75, 3.05) is 20.8 Å². The highest BCUT2D eigenvalue weighted by molar-refractivity contribution is 5.94. The number of carbonyl (C=O) groups excluding carboxylic acids is 2. The minimum atomic E-state index is -3.08. The van der Waals surface area contributed by atoms with Gasteiger partial charge in [0.05, 0.1) is 20.3 Å². The van der Waals surface area contributed by atoms with Crippen molar-refractivity contribution in [1.82, 2.24) is 0 Å². The Morgan fingerprint density at radius 1 is 1.24 bits per heavy atom. The summed E-state index contributed by atoms with van der Waals surface area (Å²) in [5, 5.41) is 0.